The molecule has 1 aromatic carbocycles. The van der Waals surface area contributed by atoms with Crippen LogP contribution in [0, 0.1) is 0 Å². The number of tetrazole rings is 1. The third-order valence-electron chi connectivity index (χ3n) is 2.33. The zero-order chi connectivity index (χ0) is 14.4. The van der Waals surface area contributed by atoms with Crippen LogP contribution in [0.25, 0.3) is 0 Å². The number of rotatable bonds is 6. The van der Waals surface area contributed by atoms with Crippen molar-refractivity contribution in [1.82, 2.24) is 20.3 Å². The quantitative estimate of drug-likeness (QED) is 0.684. The molecule has 0 aliphatic carbocycles. The molecule has 9 heteroatoms. The van der Waals surface area contributed by atoms with Gasteiger partial charge >= 0.3 is 0 Å². The minimum absolute atomic E-state index is 0.0645. The lowest BCUT2D eigenvalue weighted by Gasteiger charge is -2.09. The Morgan fingerprint density at radius 3 is 2.95 bits per heavy atom. The Bertz CT molecular complexity index is 598. The van der Waals surface area contributed by atoms with E-state index < -0.39 is 0 Å². The lowest BCUT2D eigenvalue weighted by atomic mass is 10.2. The Kier molecular flexibility index (Phi) is 4.45. The number of nitrogens with two attached hydrogens (primary N) is 1. The number of benzene rings is 1. The topological polar surface area (TPSA) is 121 Å². The van der Waals surface area contributed by atoms with Crippen LogP contribution >= 0.6 is 0 Å². The van der Waals surface area contributed by atoms with Crippen LogP contribution in [0.2, 0.25) is 0 Å². The highest BCUT2D eigenvalue weighted by Crippen LogP contribution is 2.27. The van der Waals surface area contributed by atoms with E-state index in [4.69, 9.17) is 20.3 Å². The van der Waals surface area contributed by atoms with Crippen molar-refractivity contribution in [2.24, 2.45) is 5.10 Å². The van der Waals surface area contributed by atoms with E-state index in [1.807, 2.05) is 0 Å². The van der Waals surface area contributed by atoms with E-state index in [9.17, 15) is 0 Å². The molecule has 0 aliphatic heterocycles. The van der Waals surface area contributed by atoms with Gasteiger partial charge in [-0.3, -0.25) is 0 Å². The van der Waals surface area contributed by atoms with Gasteiger partial charge < -0.3 is 20.3 Å². The van der Waals surface area contributed by atoms with Crippen LogP contribution < -0.4 is 15.2 Å². The van der Waals surface area contributed by atoms with Gasteiger partial charge in [0.05, 0.1) is 19.9 Å². The molecular formula is C11H14N6O3. The number of nitrogens with zero attached hydrogens (tertiary/aromatic N) is 5. The fourth-order valence-electron chi connectivity index (χ4n) is 1.43. The van der Waals surface area contributed by atoms with Crippen LogP contribution in [0.15, 0.2) is 23.3 Å². The van der Waals surface area contributed by atoms with E-state index >= 15 is 0 Å². The standard InChI is InChI=1S/C11H14N6O3/c1-19-10-6-8(2-3-9(10)20-5-4-18)7-13-17-11(12)14-15-16-17/h2-3,6-7,18H,4-5H2,1H3,(H2,12,14,16). The molecule has 0 aliphatic rings. The largest absolute Gasteiger partial charge is 0.493 e. The third kappa shape index (κ3) is 3.20. The summed E-state index contributed by atoms with van der Waals surface area (Å²) in [5.41, 5.74) is 6.24. The molecule has 0 unspecified atom stereocenters. The summed E-state index contributed by atoms with van der Waals surface area (Å²) in [7, 11) is 1.53. The Balaban J connectivity index is 2.17. The monoisotopic (exact) mass is 278 g/mol. The number of ether oxygens (including phenoxy) is 2. The molecule has 0 radical (unpaired) electrons. The Morgan fingerprint density at radius 2 is 2.30 bits per heavy atom. The van der Waals surface area contributed by atoms with Crippen molar-refractivity contribution < 1.29 is 14.6 Å². The molecule has 3 N–H and O–H groups in total. The maximum absolute atomic E-state index is 8.74. The molecule has 0 saturated heterocycles. The van der Waals surface area contributed by atoms with Crippen molar-refractivity contribution in [3.05, 3.63) is 23.8 Å². The number of anilines is 1. The van der Waals surface area contributed by atoms with Gasteiger partial charge in [-0.2, -0.15) is 5.10 Å². The van der Waals surface area contributed by atoms with Crippen molar-refractivity contribution in [3.8, 4) is 11.5 Å². The van der Waals surface area contributed by atoms with Crippen molar-refractivity contribution in [2.45, 2.75) is 0 Å². The Hall–Kier alpha value is -2.68. The number of hydrogen-bond donors (Lipinski definition) is 2. The van der Waals surface area contributed by atoms with Gasteiger partial charge in [0.1, 0.15) is 6.61 Å². The van der Waals surface area contributed by atoms with Gasteiger partial charge in [0, 0.05) is 0 Å². The summed E-state index contributed by atoms with van der Waals surface area (Å²) in [4.78, 5) is 1.10. The van der Waals surface area contributed by atoms with E-state index in [1.54, 1.807) is 18.2 Å². The molecule has 2 aromatic rings. The van der Waals surface area contributed by atoms with Crippen LogP contribution in [-0.2, 0) is 0 Å². The molecule has 0 spiro atoms. The minimum Gasteiger partial charge on any atom is -0.493 e. The van der Waals surface area contributed by atoms with Crippen LogP contribution in [0.3, 0.4) is 0 Å². The number of aliphatic hydroxyl groups is 1. The fourth-order valence-corrected chi connectivity index (χ4v) is 1.43. The van der Waals surface area contributed by atoms with E-state index in [0.717, 1.165) is 10.4 Å². The van der Waals surface area contributed by atoms with Crippen molar-refractivity contribution in [2.75, 3.05) is 26.1 Å². The van der Waals surface area contributed by atoms with Gasteiger partial charge in [-0.1, -0.05) is 9.89 Å². The second kappa shape index (κ2) is 6.48. The summed E-state index contributed by atoms with van der Waals surface area (Å²) in [5.74, 6) is 1.17. The molecule has 0 saturated carbocycles. The Labute approximate surface area is 114 Å². The highest BCUT2D eigenvalue weighted by Gasteiger charge is 2.05. The first-order valence-corrected chi connectivity index (χ1v) is 5.74. The summed E-state index contributed by atoms with van der Waals surface area (Å²) < 4.78 is 10.5. The highest BCUT2D eigenvalue weighted by atomic mass is 16.5. The molecule has 106 valence electrons. The Morgan fingerprint density at radius 1 is 1.45 bits per heavy atom. The van der Waals surface area contributed by atoms with Gasteiger partial charge in [-0.15, -0.1) is 0 Å². The smallest absolute Gasteiger partial charge is 0.263 e. The van der Waals surface area contributed by atoms with Crippen LogP contribution in [-0.4, -0.2) is 52.0 Å². The van der Waals surface area contributed by atoms with Crippen LogP contribution in [0.4, 0.5) is 5.95 Å². The minimum atomic E-state index is -0.0645. The first-order chi connectivity index (χ1) is 9.74. The van der Waals surface area contributed by atoms with E-state index in [0.29, 0.717) is 11.5 Å². The summed E-state index contributed by atoms with van der Waals surface area (Å²) in [5, 5.41) is 23.2. The summed E-state index contributed by atoms with van der Waals surface area (Å²) >= 11 is 0. The second-order valence-corrected chi connectivity index (χ2v) is 3.65. The van der Waals surface area contributed by atoms with Crippen molar-refractivity contribution >= 4 is 12.2 Å². The zero-order valence-electron chi connectivity index (χ0n) is 10.8. The molecule has 0 atom stereocenters. The lowest BCUT2D eigenvalue weighted by molar-refractivity contribution is 0.196. The average molecular weight is 278 g/mol. The first kappa shape index (κ1) is 13.7. The number of aliphatic hydroxyl groups excluding tert-OH is 1. The van der Waals surface area contributed by atoms with Gasteiger partial charge in [-0.05, 0) is 34.2 Å². The predicted octanol–water partition coefficient (Wildman–Crippen LogP) is -0.483. The third-order valence-corrected chi connectivity index (χ3v) is 2.33. The highest BCUT2D eigenvalue weighted by molar-refractivity contribution is 5.80. The maximum atomic E-state index is 8.74. The molecule has 0 amide bonds. The van der Waals surface area contributed by atoms with E-state index in [-0.39, 0.29) is 19.2 Å². The van der Waals surface area contributed by atoms with E-state index in [1.165, 1.54) is 13.3 Å². The normalized spacial score (nSPS) is 10.9. The SMILES string of the molecule is COc1cc(C=Nn2nnnc2N)ccc1OCCO. The van der Waals surface area contributed by atoms with Gasteiger partial charge in [0.25, 0.3) is 5.95 Å². The first-order valence-electron chi connectivity index (χ1n) is 5.74. The molecule has 0 bridgehead atoms. The molecule has 9 nitrogen and oxygen atoms in total. The van der Waals surface area contributed by atoms with Crippen LogP contribution in [0.1, 0.15) is 5.56 Å². The van der Waals surface area contributed by atoms with Gasteiger partial charge in [0.15, 0.2) is 11.5 Å². The number of nitrogen functional groups attached to an aromatic ring is 1. The number of methoxy groups -OCH3 is 1. The molecule has 1 heterocycles. The van der Waals surface area contributed by atoms with Crippen LogP contribution in [0.5, 0.6) is 11.5 Å². The summed E-state index contributed by atoms with van der Waals surface area (Å²) in [6.07, 6.45) is 1.53. The number of hydrogen-bond acceptors (Lipinski definition) is 8. The van der Waals surface area contributed by atoms with Crippen molar-refractivity contribution in [1.29, 1.82) is 0 Å². The molecule has 2 rings (SSSR count). The fraction of sp³-hybridized carbons (Fsp3) is 0.273. The molecule has 0 fully saturated rings. The number of aromatic nitrogens is 4. The van der Waals surface area contributed by atoms with Crippen molar-refractivity contribution in [3.63, 3.8) is 0 Å². The molecular weight excluding hydrogens is 264 g/mol. The molecule has 1 aromatic heterocycles. The maximum Gasteiger partial charge on any atom is 0.263 e. The second-order valence-electron chi connectivity index (χ2n) is 3.65. The summed E-state index contributed by atoms with van der Waals surface area (Å²) in [6.45, 7) is 0.135. The van der Waals surface area contributed by atoms with Gasteiger partial charge in [-0.25, -0.2) is 0 Å². The lowest BCUT2D eigenvalue weighted by Crippen LogP contribution is -2.03. The molecule has 20 heavy (non-hydrogen) atoms. The predicted molar refractivity (Wildman–Crippen MR) is 70.8 cm³/mol. The zero-order valence-corrected chi connectivity index (χ0v) is 10.8. The average Bonchev–Trinajstić information content (AvgIpc) is 2.88. The van der Waals surface area contributed by atoms with E-state index in [2.05, 4.69) is 20.6 Å². The summed E-state index contributed by atoms with van der Waals surface area (Å²) in [6, 6.07) is 5.23. The van der Waals surface area contributed by atoms with Gasteiger partial charge in [0.2, 0.25) is 0 Å².